The molecule has 0 saturated heterocycles. The van der Waals surface area contributed by atoms with Gasteiger partial charge in [-0.25, -0.2) is 4.98 Å². The molecule has 3 heteroatoms. The van der Waals surface area contributed by atoms with Gasteiger partial charge in [0, 0.05) is 7.05 Å². The van der Waals surface area contributed by atoms with Gasteiger partial charge in [-0.15, -0.1) is 0 Å². The lowest BCUT2D eigenvalue weighted by atomic mass is 10.3. The Morgan fingerprint density at radius 1 is 1.55 bits per heavy atom. The van der Waals surface area contributed by atoms with Crippen molar-refractivity contribution in [1.82, 2.24) is 9.55 Å². The van der Waals surface area contributed by atoms with Crippen molar-refractivity contribution in [2.75, 3.05) is 0 Å². The number of hydrogen-bond acceptors (Lipinski definition) is 2. The highest BCUT2D eigenvalue weighted by molar-refractivity contribution is 5.15. The van der Waals surface area contributed by atoms with Crippen LogP contribution >= 0.6 is 0 Å². The first kappa shape index (κ1) is 8.27. The second-order valence-electron chi connectivity index (χ2n) is 2.62. The zero-order chi connectivity index (χ0) is 8.43. The van der Waals surface area contributed by atoms with Crippen LogP contribution in [-0.4, -0.2) is 14.7 Å². The maximum atomic E-state index is 8.98. The third-order valence-electron chi connectivity index (χ3n) is 2.00. The van der Waals surface area contributed by atoms with E-state index < -0.39 is 0 Å². The van der Waals surface area contributed by atoms with Crippen LogP contribution in [-0.2, 0) is 20.1 Å². The summed E-state index contributed by atoms with van der Waals surface area (Å²) in [6, 6.07) is 0. The van der Waals surface area contributed by atoms with E-state index in [-0.39, 0.29) is 6.61 Å². The molecule has 0 aliphatic heterocycles. The summed E-state index contributed by atoms with van der Waals surface area (Å²) in [5.74, 6) is 0.964. The molecular formula is C8H14N2O. The van der Waals surface area contributed by atoms with Crippen molar-refractivity contribution in [3.8, 4) is 0 Å². The summed E-state index contributed by atoms with van der Waals surface area (Å²) in [4.78, 5) is 4.30. The van der Waals surface area contributed by atoms with E-state index in [2.05, 4.69) is 4.98 Å². The number of hydrogen-bond donors (Lipinski definition) is 1. The standard InChI is InChI=1S/C8H14N2O/c1-4-7-8(5-11)10(3)6(2)9-7/h11H,4-5H2,1-3H3. The predicted octanol–water partition coefficient (Wildman–Crippen LogP) is 0.783. The number of imidazole rings is 1. The number of aliphatic hydroxyl groups is 1. The summed E-state index contributed by atoms with van der Waals surface area (Å²) >= 11 is 0. The first-order chi connectivity index (χ1) is 5.20. The van der Waals surface area contributed by atoms with Crippen molar-refractivity contribution in [2.24, 2.45) is 7.05 Å². The summed E-state index contributed by atoms with van der Waals surface area (Å²) in [6.45, 7) is 4.07. The molecule has 0 aromatic carbocycles. The minimum atomic E-state index is 0.0838. The van der Waals surface area contributed by atoms with Crippen LogP contribution < -0.4 is 0 Å². The summed E-state index contributed by atoms with van der Waals surface area (Å²) in [5, 5.41) is 8.98. The zero-order valence-corrected chi connectivity index (χ0v) is 7.26. The number of aliphatic hydroxyl groups excluding tert-OH is 1. The van der Waals surface area contributed by atoms with Crippen molar-refractivity contribution in [3.63, 3.8) is 0 Å². The Morgan fingerprint density at radius 3 is 2.55 bits per heavy atom. The molecule has 0 saturated carbocycles. The fourth-order valence-electron chi connectivity index (χ4n) is 1.20. The van der Waals surface area contributed by atoms with E-state index in [4.69, 9.17) is 5.11 Å². The van der Waals surface area contributed by atoms with Crippen LogP contribution in [0.25, 0.3) is 0 Å². The average molecular weight is 154 g/mol. The Bertz CT molecular complexity index is 253. The minimum absolute atomic E-state index is 0.0838. The second-order valence-corrected chi connectivity index (χ2v) is 2.62. The Kier molecular flexibility index (Phi) is 2.29. The van der Waals surface area contributed by atoms with Gasteiger partial charge >= 0.3 is 0 Å². The maximum Gasteiger partial charge on any atom is 0.105 e. The van der Waals surface area contributed by atoms with Crippen LogP contribution in [0.4, 0.5) is 0 Å². The topological polar surface area (TPSA) is 38.0 Å². The third kappa shape index (κ3) is 1.28. The molecule has 0 atom stereocenters. The molecule has 62 valence electrons. The van der Waals surface area contributed by atoms with Crippen LogP contribution in [0.1, 0.15) is 24.1 Å². The molecular weight excluding hydrogens is 140 g/mol. The molecule has 3 nitrogen and oxygen atoms in total. The molecule has 0 aliphatic carbocycles. The van der Waals surface area contributed by atoms with Gasteiger partial charge in [0.1, 0.15) is 5.82 Å². The lowest BCUT2D eigenvalue weighted by Crippen LogP contribution is -1.99. The van der Waals surface area contributed by atoms with Gasteiger partial charge in [0.05, 0.1) is 18.0 Å². The van der Waals surface area contributed by atoms with Crippen LogP contribution in [0.5, 0.6) is 0 Å². The van der Waals surface area contributed by atoms with Crippen molar-refractivity contribution >= 4 is 0 Å². The largest absolute Gasteiger partial charge is 0.390 e. The van der Waals surface area contributed by atoms with Crippen LogP contribution in [0.3, 0.4) is 0 Å². The van der Waals surface area contributed by atoms with Gasteiger partial charge in [0.25, 0.3) is 0 Å². The van der Waals surface area contributed by atoms with E-state index in [0.717, 1.165) is 23.6 Å². The van der Waals surface area contributed by atoms with Gasteiger partial charge in [-0.2, -0.15) is 0 Å². The van der Waals surface area contributed by atoms with Crippen LogP contribution in [0, 0.1) is 6.92 Å². The molecule has 0 bridgehead atoms. The summed E-state index contributed by atoms with van der Waals surface area (Å²) in [5.41, 5.74) is 1.94. The first-order valence-corrected chi connectivity index (χ1v) is 3.82. The van der Waals surface area contributed by atoms with Gasteiger partial charge in [0.2, 0.25) is 0 Å². The number of rotatable bonds is 2. The van der Waals surface area contributed by atoms with Gasteiger partial charge in [0.15, 0.2) is 0 Å². The Morgan fingerprint density at radius 2 is 2.18 bits per heavy atom. The van der Waals surface area contributed by atoms with Crippen molar-refractivity contribution < 1.29 is 5.11 Å². The normalized spacial score (nSPS) is 10.5. The van der Waals surface area contributed by atoms with E-state index >= 15 is 0 Å². The van der Waals surface area contributed by atoms with E-state index in [1.165, 1.54) is 0 Å². The highest BCUT2D eigenvalue weighted by atomic mass is 16.3. The van der Waals surface area contributed by atoms with Gasteiger partial charge in [-0.3, -0.25) is 0 Å². The molecule has 0 aliphatic rings. The minimum Gasteiger partial charge on any atom is -0.390 e. The monoisotopic (exact) mass is 154 g/mol. The number of aromatic nitrogens is 2. The average Bonchev–Trinajstić information content (AvgIpc) is 2.28. The van der Waals surface area contributed by atoms with Crippen molar-refractivity contribution in [3.05, 3.63) is 17.2 Å². The molecule has 0 fully saturated rings. The Labute approximate surface area is 66.7 Å². The third-order valence-corrected chi connectivity index (χ3v) is 2.00. The van der Waals surface area contributed by atoms with Gasteiger partial charge < -0.3 is 9.67 Å². The smallest absolute Gasteiger partial charge is 0.105 e. The van der Waals surface area contributed by atoms with Crippen LogP contribution in [0.15, 0.2) is 0 Å². The van der Waals surface area contributed by atoms with Crippen molar-refractivity contribution in [2.45, 2.75) is 26.9 Å². The molecule has 1 rings (SSSR count). The van der Waals surface area contributed by atoms with Crippen LogP contribution in [0.2, 0.25) is 0 Å². The zero-order valence-electron chi connectivity index (χ0n) is 7.26. The van der Waals surface area contributed by atoms with E-state index in [1.807, 2.05) is 25.5 Å². The SMILES string of the molecule is CCc1nc(C)n(C)c1CO. The molecule has 0 radical (unpaired) electrons. The van der Waals surface area contributed by atoms with E-state index in [1.54, 1.807) is 0 Å². The Balaban J connectivity index is 3.15. The highest BCUT2D eigenvalue weighted by Gasteiger charge is 2.08. The fraction of sp³-hybridized carbons (Fsp3) is 0.625. The van der Waals surface area contributed by atoms with E-state index in [9.17, 15) is 0 Å². The fourth-order valence-corrected chi connectivity index (χ4v) is 1.20. The molecule has 1 N–H and O–H groups in total. The highest BCUT2D eigenvalue weighted by Crippen LogP contribution is 2.09. The molecule has 0 unspecified atom stereocenters. The first-order valence-electron chi connectivity index (χ1n) is 3.82. The maximum absolute atomic E-state index is 8.98. The molecule has 1 aromatic rings. The molecule has 0 amide bonds. The summed E-state index contributed by atoms with van der Waals surface area (Å²) in [6.07, 6.45) is 0.886. The van der Waals surface area contributed by atoms with Crippen molar-refractivity contribution in [1.29, 1.82) is 0 Å². The molecule has 0 spiro atoms. The predicted molar refractivity (Wildman–Crippen MR) is 43.2 cm³/mol. The number of aryl methyl sites for hydroxylation is 2. The lowest BCUT2D eigenvalue weighted by Gasteiger charge is -1.99. The van der Waals surface area contributed by atoms with Gasteiger partial charge in [-0.1, -0.05) is 6.92 Å². The molecule has 1 aromatic heterocycles. The van der Waals surface area contributed by atoms with E-state index in [0.29, 0.717) is 0 Å². The summed E-state index contributed by atoms with van der Waals surface area (Å²) < 4.78 is 1.93. The summed E-state index contributed by atoms with van der Waals surface area (Å²) in [7, 11) is 1.92. The lowest BCUT2D eigenvalue weighted by molar-refractivity contribution is 0.271. The Hall–Kier alpha value is -0.830. The second kappa shape index (κ2) is 3.05. The quantitative estimate of drug-likeness (QED) is 0.683. The number of nitrogens with zero attached hydrogens (tertiary/aromatic N) is 2. The van der Waals surface area contributed by atoms with Gasteiger partial charge in [-0.05, 0) is 13.3 Å². The molecule has 11 heavy (non-hydrogen) atoms. The molecule has 1 heterocycles.